The van der Waals surface area contributed by atoms with Crippen LogP contribution in [0.25, 0.3) is 0 Å². The molecule has 0 aliphatic carbocycles. The Morgan fingerprint density at radius 3 is 2.20 bits per heavy atom. The fourth-order valence-corrected chi connectivity index (χ4v) is 3.78. The number of benzene rings is 2. The molecule has 2 aromatic carbocycles. The lowest BCUT2D eigenvalue weighted by molar-refractivity contribution is -0.0263. The number of nitrogens with two attached hydrogens (primary N) is 1. The number of piperidine rings is 1. The van der Waals surface area contributed by atoms with E-state index in [0.29, 0.717) is 35.6 Å². The van der Waals surface area contributed by atoms with Crippen molar-refractivity contribution in [3.8, 4) is 0 Å². The fourth-order valence-electron chi connectivity index (χ4n) is 3.65. The highest BCUT2D eigenvalue weighted by atomic mass is 35.5. The summed E-state index contributed by atoms with van der Waals surface area (Å²) in [4.78, 5) is 25.4. The molecule has 1 aliphatic rings. The van der Waals surface area contributed by atoms with E-state index in [-0.39, 0.29) is 0 Å². The smallest absolute Gasteiger partial charge is 0.338 e. The third-order valence-corrected chi connectivity index (χ3v) is 5.82. The first kappa shape index (κ1) is 22.3. The summed E-state index contributed by atoms with van der Waals surface area (Å²) in [5, 5.41) is 11.6. The van der Waals surface area contributed by atoms with Gasteiger partial charge in [-0.15, -0.1) is 0 Å². The van der Waals surface area contributed by atoms with Crippen molar-refractivity contribution in [3.63, 3.8) is 0 Å². The maximum atomic E-state index is 12.0. The minimum Gasteiger partial charge on any atom is -0.462 e. The van der Waals surface area contributed by atoms with Gasteiger partial charge in [0.1, 0.15) is 0 Å². The molecule has 7 heteroatoms. The third-order valence-electron chi connectivity index (χ3n) is 5.57. The van der Waals surface area contributed by atoms with Gasteiger partial charge in [-0.25, -0.2) is 4.79 Å². The number of nitrogens with zero attached hydrogens (tertiary/aromatic N) is 1. The maximum Gasteiger partial charge on any atom is 0.338 e. The number of likely N-dealkylation sites (tertiary alicyclic amines) is 1. The topological polar surface area (TPSA) is 92.9 Å². The van der Waals surface area contributed by atoms with Crippen molar-refractivity contribution in [3.05, 3.63) is 70.2 Å². The summed E-state index contributed by atoms with van der Waals surface area (Å²) in [6.45, 7) is 2.90. The molecule has 0 atom stereocenters. The van der Waals surface area contributed by atoms with Gasteiger partial charge in [-0.1, -0.05) is 23.7 Å². The Morgan fingerprint density at radius 2 is 1.60 bits per heavy atom. The van der Waals surface area contributed by atoms with Crippen LogP contribution in [0.2, 0.25) is 5.02 Å². The van der Waals surface area contributed by atoms with Crippen LogP contribution < -0.4 is 5.73 Å². The molecule has 0 radical (unpaired) electrons. The second-order valence-electron chi connectivity index (χ2n) is 7.66. The average Bonchev–Trinajstić information content (AvgIpc) is 2.75. The lowest BCUT2D eigenvalue weighted by Crippen LogP contribution is -2.42. The zero-order valence-electron chi connectivity index (χ0n) is 16.9. The maximum absolute atomic E-state index is 12.0. The number of hydrogen-bond acceptors (Lipinski definition) is 5. The highest BCUT2D eigenvalue weighted by Crippen LogP contribution is 2.33. The molecule has 0 spiro atoms. The molecule has 30 heavy (non-hydrogen) atoms. The van der Waals surface area contributed by atoms with Gasteiger partial charge in [0.05, 0.1) is 17.8 Å². The van der Waals surface area contributed by atoms with Crippen molar-refractivity contribution in [2.45, 2.75) is 31.3 Å². The van der Waals surface area contributed by atoms with Crippen molar-refractivity contribution in [2.75, 3.05) is 26.2 Å². The largest absolute Gasteiger partial charge is 0.462 e. The van der Waals surface area contributed by atoms with Gasteiger partial charge in [0.15, 0.2) is 0 Å². The zero-order chi connectivity index (χ0) is 21.6. The number of primary amides is 1. The van der Waals surface area contributed by atoms with E-state index in [1.54, 1.807) is 0 Å². The summed E-state index contributed by atoms with van der Waals surface area (Å²) < 4.78 is 5.29. The highest BCUT2D eigenvalue weighted by molar-refractivity contribution is 6.30. The van der Waals surface area contributed by atoms with E-state index in [2.05, 4.69) is 4.90 Å². The number of aliphatic hydroxyl groups is 1. The zero-order valence-corrected chi connectivity index (χ0v) is 17.6. The van der Waals surface area contributed by atoms with Gasteiger partial charge in [-0.05, 0) is 74.2 Å². The first-order valence-electron chi connectivity index (χ1n) is 10.2. The molecule has 0 bridgehead atoms. The third kappa shape index (κ3) is 5.81. The van der Waals surface area contributed by atoms with Crippen molar-refractivity contribution >= 4 is 23.5 Å². The van der Waals surface area contributed by atoms with Gasteiger partial charge in [0.2, 0.25) is 5.91 Å². The minimum absolute atomic E-state index is 0.346. The van der Waals surface area contributed by atoms with Crippen LogP contribution >= 0.6 is 11.6 Å². The molecule has 1 amide bonds. The number of amides is 1. The number of hydrogen-bond donors (Lipinski definition) is 2. The average molecular weight is 431 g/mol. The Balaban J connectivity index is 1.34. The second-order valence-corrected chi connectivity index (χ2v) is 8.10. The predicted molar refractivity (Wildman–Crippen MR) is 115 cm³/mol. The Bertz CT molecular complexity index is 860. The number of unbranched alkanes of at least 4 members (excludes halogenated alkanes) is 1. The van der Waals surface area contributed by atoms with Crippen molar-refractivity contribution < 1.29 is 19.4 Å². The molecular formula is C23H27ClN2O4. The quantitative estimate of drug-likeness (QED) is 0.494. The van der Waals surface area contributed by atoms with Crippen LogP contribution in [0.3, 0.4) is 0 Å². The Kier molecular flexibility index (Phi) is 7.48. The van der Waals surface area contributed by atoms with Crippen molar-refractivity contribution in [2.24, 2.45) is 5.73 Å². The standard InChI is InChI=1S/C23H27ClN2O4/c24-20-9-7-19(8-10-20)23(29)11-14-26(15-12-23)13-1-2-16-30-22(28)18-5-3-17(4-6-18)21(25)27/h3-10,29H,1-2,11-16H2,(H2,25,27). The van der Waals surface area contributed by atoms with E-state index >= 15 is 0 Å². The Morgan fingerprint density at radius 1 is 1.00 bits per heavy atom. The van der Waals surface area contributed by atoms with Crippen LogP contribution in [0.15, 0.2) is 48.5 Å². The molecule has 6 nitrogen and oxygen atoms in total. The summed E-state index contributed by atoms with van der Waals surface area (Å²) in [5.41, 5.74) is 6.07. The summed E-state index contributed by atoms with van der Waals surface area (Å²) in [5.74, 6) is -0.934. The molecule has 3 rings (SSSR count). The molecule has 0 unspecified atom stereocenters. The van der Waals surface area contributed by atoms with Crippen LogP contribution in [-0.2, 0) is 10.3 Å². The SMILES string of the molecule is NC(=O)c1ccc(C(=O)OCCCCN2CCC(O)(c3ccc(Cl)cc3)CC2)cc1. The molecule has 1 fully saturated rings. The van der Waals surface area contributed by atoms with E-state index < -0.39 is 17.5 Å². The van der Waals surface area contributed by atoms with Crippen LogP contribution in [0, 0.1) is 0 Å². The molecule has 1 saturated heterocycles. The fraction of sp³-hybridized carbons (Fsp3) is 0.391. The summed E-state index contributed by atoms with van der Waals surface area (Å²) in [7, 11) is 0. The molecule has 2 aromatic rings. The summed E-state index contributed by atoms with van der Waals surface area (Å²) >= 11 is 5.94. The first-order chi connectivity index (χ1) is 14.4. The van der Waals surface area contributed by atoms with Crippen LogP contribution in [-0.4, -0.2) is 48.1 Å². The van der Waals surface area contributed by atoms with Gasteiger partial charge in [0.25, 0.3) is 0 Å². The summed E-state index contributed by atoms with van der Waals surface area (Å²) in [6, 6.07) is 13.5. The molecule has 1 aliphatic heterocycles. The number of rotatable bonds is 8. The van der Waals surface area contributed by atoms with E-state index in [0.717, 1.165) is 38.0 Å². The molecule has 0 aromatic heterocycles. The lowest BCUT2D eigenvalue weighted by Gasteiger charge is -2.38. The monoisotopic (exact) mass is 430 g/mol. The Labute approximate surface area is 181 Å². The van der Waals surface area contributed by atoms with E-state index in [4.69, 9.17) is 22.1 Å². The van der Waals surface area contributed by atoms with Crippen molar-refractivity contribution in [1.82, 2.24) is 4.90 Å². The van der Waals surface area contributed by atoms with Crippen molar-refractivity contribution in [1.29, 1.82) is 0 Å². The minimum atomic E-state index is -0.791. The summed E-state index contributed by atoms with van der Waals surface area (Å²) in [6.07, 6.45) is 3.05. The molecule has 0 saturated carbocycles. The molecule has 3 N–H and O–H groups in total. The normalized spacial score (nSPS) is 16.2. The van der Waals surface area contributed by atoms with E-state index in [1.165, 1.54) is 24.3 Å². The van der Waals surface area contributed by atoms with Gasteiger partial charge in [-0.3, -0.25) is 4.79 Å². The van der Waals surface area contributed by atoms with Gasteiger partial charge in [-0.2, -0.15) is 0 Å². The number of esters is 1. The number of carbonyl (C=O) groups excluding carboxylic acids is 2. The van der Waals surface area contributed by atoms with Gasteiger partial charge >= 0.3 is 5.97 Å². The predicted octanol–water partition coefficient (Wildman–Crippen LogP) is 3.36. The Hall–Kier alpha value is -2.41. The van der Waals surface area contributed by atoms with Crippen LogP contribution in [0.5, 0.6) is 0 Å². The number of carbonyl (C=O) groups is 2. The van der Waals surface area contributed by atoms with E-state index in [1.807, 2.05) is 24.3 Å². The lowest BCUT2D eigenvalue weighted by atomic mass is 9.84. The van der Waals surface area contributed by atoms with Crippen LogP contribution in [0.4, 0.5) is 0 Å². The van der Waals surface area contributed by atoms with E-state index in [9.17, 15) is 14.7 Å². The molecule has 1 heterocycles. The second kappa shape index (κ2) is 10.1. The molecular weight excluding hydrogens is 404 g/mol. The molecule has 160 valence electrons. The van der Waals surface area contributed by atoms with Crippen LogP contribution in [0.1, 0.15) is 52.0 Å². The number of halogens is 1. The highest BCUT2D eigenvalue weighted by Gasteiger charge is 2.33. The van der Waals surface area contributed by atoms with Gasteiger partial charge in [0, 0.05) is 23.7 Å². The first-order valence-corrected chi connectivity index (χ1v) is 10.5. The van der Waals surface area contributed by atoms with Gasteiger partial charge < -0.3 is 20.5 Å². The number of ether oxygens (including phenoxy) is 1.